The number of aromatic carboxylic acids is 1. The Labute approximate surface area is 196 Å². The number of carboxylic acids is 1. The number of rotatable bonds is 8. The largest absolute Gasteiger partial charge is 0.476 e. The zero-order valence-electron chi connectivity index (χ0n) is 20.1. The van der Waals surface area contributed by atoms with Gasteiger partial charge in [0.05, 0.1) is 11.0 Å². The molecule has 1 N–H and O–H groups in total. The second-order valence-corrected chi connectivity index (χ2v) is 10.4. The number of carbonyl (C=O) groups is 1. The van der Waals surface area contributed by atoms with Crippen molar-refractivity contribution >= 4 is 17.0 Å². The first-order valence-corrected chi connectivity index (χ1v) is 12.4. The fraction of sp³-hybridized carbons (Fsp3) is 0.593. The molecule has 1 aromatic carbocycles. The van der Waals surface area contributed by atoms with Gasteiger partial charge in [0, 0.05) is 24.2 Å². The molecule has 6 nitrogen and oxygen atoms in total. The molecule has 2 aliphatic rings. The number of nitrogens with zero attached hydrogens (tertiary/aromatic N) is 3. The number of para-hydroxylation sites is 2. The predicted molar refractivity (Wildman–Crippen MR) is 132 cm³/mol. The normalized spacial score (nSPS) is 24.7. The molecule has 2 aliphatic carbocycles. The third-order valence-electron chi connectivity index (χ3n) is 7.80. The van der Waals surface area contributed by atoms with Crippen LogP contribution in [0.4, 0.5) is 0 Å². The van der Waals surface area contributed by atoms with Crippen LogP contribution < -0.4 is 5.56 Å². The molecule has 0 aliphatic heterocycles. The smallest absolute Gasteiger partial charge is 0.360 e. The van der Waals surface area contributed by atoms with E-state index in [0.717, 1.165) is 11.8 Å². The summed E-state index contributed by atoms with van der Waals surface area (Å²) >= 11 is 0. The van der Waals surface area contributed by atoms with Crippen LogP contribution in [0, 0.1) is 11.8 Å². The van der Waals surface area contributed by atoms with E-state index in [4.69, 9.17) is 0 Å². The summed E-state index contributed by atoms with van der Waals surface area (Å²) in [6.45, 7) is 10.7. The highest BCUT2D eigenvalue weighted by atomic mass is 16.4. The average Bonchev–Trinajstić information content (AvgIpc) is 2.77. The molecule has 2 fully saturated rings. The van der Waals surface area contributed by atoms with Crippen molar-refractivity contribution in [2.24, 2.45) is 11.8 Å². The molecule has 0 spiro atoms. The summed E-state index contributed by atoms with van der Waals surface area (Å²) < 4.78 is 1.62. The first-order valence-electron chi connectivity index (χ1n) is 12.4. The highest BCUT2D eigenvalue weighted by Gasteiger charge is 2.37. The number of carboxylic acid groups (broad SMARTS) is 1. The summed E-state index contributed by atoms with van der Waals surface area (Å²) in [7, 11) is 0. The molecule has 4 rings (SSSR count). The van der Waals surface area contributed by atoms with Crippen LogP contribution in [0.25, 0.3) is 11.0 Å². The van der Waals surface area contributed by atoms with Crippen LogP contribution >= 0.6 is 0 Å². The second-order valence-electron chi connectivity index (χ2n) is 10.4. The molecule has 4 atom stereocenters. The topological polar surface area (TPSA) is 75.4 Å². The Balaban J connectivity index is 1.66. The number of hydrogen-bond donors (Lipinski definition) is 1. The van der Waals surface area contributed by atoms with Crippen molar-refractivity contribution in [3.63, 3.8) is 0 Å². The van der Waals surface area contributed by atoms with Crippen LogP contribution in [0.1, 0.15) is 82.2 Å². The summed E-state index contributed by atoms with van der Waals surface area (Å²) in [5.41, 5.74) is 0.236. The lowest BCUT2D eigenvalue weighted by Crippen LogP contribution is -2.51. The number of hydrogen-bond acceptors (Lipinski definition) is 4. The quantitative estimate of drug-likeness (QED) is 0.553. The number of aromatic nitrogens is 2. The van der Waals surface area contributed by atoms with Crippen molar-refractivity contribution in [3.8, 4) is 0 Å². The Bertz CT molecular complexity index is 1060. The van der Waals surface area contributed by atoms with Gasteiger partial charge >= 0.3 is 5.97 Å². The van der Waals surface area contributed by atoms with E-state index in [0.29, 0.717) is 29.5 Å². The highest BCUT2D eigenvalue weighted by molar-refractivity contribution is 5.88. The number of benzene rings is 1. The second kappa shape index (κ2) is 9.80. The Morgan fingerprint density at radius 1 is 1.21 bits per heavy atom. The molecule has 178 valence electrons. The SMILES string of the molecule is C=C[C@@H](C[C@H](C)n1c(=O)c(C(=O)O)nc2ccccc21)N(C(C)C)C1CC2CCCC(C2)C1. The van der Waals surface area contributed by atoms with E-state index in [-0.39, 0.29) is 12.1 Å². The van der Waals surface area contributed by atoms with Crippen molar-refractivity contribution in [1.29, 1.82) is 0 Å². The van der Waals surface area contributed by atoms with Gasteiger partial charge in [-0.25, -0.2) is 9.78 Å². The fourth-order valence-corrected chi connectivity index (χ4v) is 6.54. The minimum atomic E-state index is -1.29. The Morgan fingerprint density at radius 3 is 2.48 bits per heavy atom. The van der Waals surface area contributed by atoms with Crippen LogP contribution in [0.3, 0.4) is 0 Å². The van der Waals surface area contributed by atoms with E-state index in [1.54, 1.807) is 10.6 Å². The molecule has 0 radical (unpaired) electrons. The van der Waals surface area contributed by atoms with Gasteiger partial charge < -0.3 is 9.67 Å². The van der Waals surface area contributed by atoms with Crippen LogP contribution in [0.15, 0.2) is 41.7 Å². The Morgan fingerprint density at radius 2 is 1.88 bits per heavy atom. The maximum absolute atomic E-state index is 13.2. The summed E-state index contributed by atoms with van der Waals surface area (Å²) in [6, 6.07) is 8.08. The van der Waals surface area contributed by atoms with Gasteiger partial charge in [-0.2, -0.15) is 0 Å². The zero-order valence-corrected chi connectivity index (χ0v) is 20.1. The molecule has 33 heavy (non-hydrogen) atoms. The average molecular weight is 452 g/mol. The van der Waals surface area contributed by atoms with Gasteiger partial charge in [0.15, 0.2) is 0 Å². The first kappa shape index (κ1) is 23.7. The fourth-order valence-electron chi connectivity index (χ4n) is 6.54. The zero-order chi connectivity index (χ0) is 23.7. The molecule has 2 bridgehead atoms. The molecule has 0 saturated heterocycles. The van der Waals surface area contributed by atoms with Gasteiger partial charge in [0.1, 0.15) is 0 Å². The molecule has 1 aromatic heterocycles. The minimum absolute atomic E-state index is 0.107. The van der Waals surface area contributed by atoms with Gasteiger partial charge in [-0.1, -0.05) is 37.5 Å². The van der Waals surface area contributed by atoms with Gasteiger partial charge in [-0.3, -0.25) is 9.69 Å². The molecule has 0 amide bonds. The van der Waals surface area contributed by atoms with Crippen LogP contribution in [-0.2, 0) is 0 Å². The van der Waals surface area contributed by atoms with Crippen LogP contribution in [0.2, 0.25) is 0 Å². The highest BCUT2D eigenvalue weighted by Crippen LogP contribution is 2.42. The van der Waals surface area contributed by atoms with Gasteiger partial charge in [0.25, 0.3) is 5.56 Å². The third-order valence-corrected chi connectivity index (χ3v) is 7.80. The third kappa shape index (κ3) is 4.77. The maximum atomic E-state index is 13.2. The summed E-state index contributed by atoms with van der Waals surface area (Å²) in [5, 5.41) is 9.57. The standard InChI is InChI=1S/C27H37N3O3/c1-5-21(29(17(2)3)22-15-19-9-8-10-20(14-19)16-22)13-18(4)30-24-12-7-6-11-23(24)28-25(26(30)31)27(32)33/h5-7,11-12,17-22H,1,8-10,13-16H2,2-4H3,(H,32,33)/t18-,19?,20?,21-,22?/m0/s1. The summed E-state index contributed by atoms with van der Waals surface area (Å²) in [5.74, 6) is 0.373. The summed E-state index contributed by atoms with van der Waals surface area (Å²) in [4.78, 5) is 31.6. The van der Waals surface area contributed by atoms with Crippen molar-refractivity contribution in [1.82, 2.24) is 14.5 Å². The molecule has 6 heteroatoms. The lowest BCUT2D eigenvalue weighted by atomic mass is 9.69. The molecule has 2 saturated carbocycles. The molecular formula is C27H37N3O3. The molecule has 1 heterocycles. The van der Waals surface area contributed by atoms with Crippen molar-refractivity contribution in [2.75, 3.05) is 0 Å². The number of fused-ring (bicyclic) bond motifs is 3. The van der Waals surface area contributed by atoms with E-state index >= 15 is 0 Å². The lowest BCUT2D eigenvalue weighted by Gasteiger charge is -2.48. The van der Waals surface area contributed by atoms with E-state index in [9.17, 15) is 14.7 Å². The van der Waals surface area contributed by atoms with Gasteiger partial charge in [0.2, 0.25) is 5.69 Å². The first-order chi connectivity index (χ1) is 15.8. The molecular weight excluding hydrogens is 414 g/mol. The van der Waals surface area contributed by atoms with Gasteiger partial charge in [-0.05, 0) is 70.4 Å². The molecule has 2 aromatic rings. The summed E-state index contributed by atoms with van der Waals surface area (Å²) in [6.07, 6.45) is 10.7. The Kier molecular flexibility index (Phi) is 7.03. The Hall–Kier alpha value is -2.47. The van der Waals surface area contributed by atoms with Crippen molar-refractivity contribution in [3.05, 3.63) is 53.0 Å². The van der Waals surface area contributed by atoms with Crippen molar-refractivity contribution in [2.45, 2.75) is 89.9 Å². The van der Waals surface area contributed by atoms with E-state index in [2.05, 4.69) is 30.3 Å². The predicted octanol–water partition coefficient (Wildman–Crippen LogP) is 5.28. The maximum Gasteiger partial charge on any atom is 0.360 e. The lowest BCUT2D eigenvalue weighted by molar-refractivity contribution is 0.0300. The van der Waals surface area contributed by atoms with Gasteiger partial charge in [-0.15, -0.1) is 6.58 Å². The monoisotopic (exact) mass is 451 g/mol. The van der Waals surface area contributed by atoms with Crippen molar-refractivity contribution < 1.29 is 9.90 Å². The van der Waals surface area contributed by atoms with Crippen LogP contribution in [-0.4, -0.2) is 43.7 Å². The minimum Gasteiger partial charge on any atom is -0.476 e. The van der Waals surface area contributed by atoms with E-state index in [1.165, 1.54) is 38.5 Å². The molecule has 2 unspecified atom stereocenters. The van der Waals surface area contributed by atoms with Crippen LogP contribution in [0.5, 0.6) is 0 Å². The van der Waals surface area contributed by atoms with E-state index in [1.807, 2.05) is 31.2 Å². The van der Waals surface area contributed by atoms with E-state index < -0.39 is 17.2 Å².